The normalized spacial score (nSPS) is 23.9. The molecule has 3 aliphatic rings. The Kier molecular flexibility index (Phi) is 5.86. The van der Waals surface area contributed by atoms with E-state index in [1.54, 1.807) is 0 Å². The lowest BCUT2D eigenvalue weighted by molar-refractivity contribution is -0.140. The maximum absolute atomic E-state index is 13.9. The molecule has 2 atom stereocenters. The second-order valence-electron chi connectivity index (χ2n) is 9.58. The van der Waals surface area contributed by atoms with Gasteiger partial charge in [-0.2, -0.15) is 5.26 Å². The van der Waals surface area contributed by atoms with E-state index >= 15 is 0 Å². The predicted octanol–water partition coefficient (Wildman–Crippen LogP) is 3.64. The van der Waals surface area contributed by atoms with Crippen LogP contribution >= 0.6 is 23.2 Å². The molecule has 35 heavy (non-hydrogen) atoms. The van der Waals surface area contributed by atoms with E-state index in [1.807, 2.05) is 30.3 Å². The average molecular weight is 532 g/mol. The van der Waals surface area contributed by atoms with Gasteiger partial charge in [-0.1, -0.05) is 53.5 Å². The standard InChI is InChI=1S/C25H23Cl2N3O4S/c26-17-6-7-21(19(27)12-17)35(33,34)18-13-20(22(31)29-24(15-28)8-9-24)30(14-18)23(32)25(10-11-25)16-4-2-1-3-5-16/h1-7,12,18,20H,8-11,13-14H2,(H,29,31). The monoisotopic (exact) mass is 531 g/mol. The maximum atomic E-state index is 13.9. The van der Waals surface area contributed by atoms with Crippen molar-refractivity contribution < 1.29 is 18.0 Å². The molecule has 7 nitrogen and oxygen atoms in total. The van der Waals surface area contributed by atoms with Gasteiger partial charge in [0.1, 0.15) is 11.6 Å². The minimum absolute atomic E-state index is 0.00681. The molecule has 1 heterocycles. The van der Waals surface area contributed by atoms with Gasteiger partial charge in [-0.05, 0) is 55.9 Å². The average Bonchev–Trinajstić information content (AvgIpc) is 3.75. The number of amides is 2. The molecular formula is C25H23Cl2N3O4S. The Balaban J connectivity index is 1.48. The van der Waals surface area contributed by atoms with Crippen molar-refractivity contribution in [1.29, 1.82) is 5.26 Å². The summed E-state index contributed by atoms with van der Waals surface area (Å²) in [5.74, 6) is -0.758. The van der Waals surface area contributed by atoms with Crippen LogP contribution in [0.4, 0.5) is 0 Å². The molecule has 0 bridgehead atoms. The van der Waals surface area contributed by atoms with Crippen molar-refractivity contribution in [2.75, 3.05) is 6.54 Å². The van der Waals surface area contributed by atoms with E-state index in [0.717, 1.165) is 5.56 Å². The molecule has 2 aliphatic carbocycles. The molecule has 2 aromatic carbocycles. The van der Waals surface area contributed by atoms with Crippen molar-refractivity contribution in [2.24, 2.45) is 0 Å². The first kappa shape index (κ1) is 24.1. The highest BCUT2D eigenvalue weighted by Crippen LogP contribution is 2.51. The zero-order valence-corrected chi connectivity index (χ0v) is 21.0. The molecular weight excluding hydrogens is 509 g/mol. The van der Waals surface area contributed by atoms with E-state index in [4.69, 9.17) is 23.2 Å². The summed E-state index contributed by atoms with van der Waals surface area (Å²) in [4.78, 5) is 28.5. The first-order chi connectivity index (χ1) is 16.6. The number of rotatable bonds is 6. The van der Waals surface area contributed by atoms with E-state index < -0.39 is 38.0 Å². The van der Waals surface area contributed by atoms with Crippen molar-refractivity contribution >= 4 is 44.9 Å². The van der Waals surface area contributed by atoms with Gasteiger partial charge in [-0.3, -0.25) is 9.59 Å². The zero-order chi connectivity index (χ0) is 25.0. The SMILES string of the molecule is N#CC1(NC(=O)C2CC(S(=O)(=O)c3ccc(Cl)cc3Cl)CN2C(=O)C2(c3ccccc3)CC2)CC1. The van der Waals surface area contributed by atoms with Crippen LogP contribution in [-0.4, -0.2) is 48.5 Å². The minimum atomic E-state index is -3.97. The summed E-state index contributed by atoms with van der Waals surface area (Å²) in [6.45, 7) is -0.133. The number of nitrogens with one attached hydrogen (secondary N) is 1. The number of likely N-dealkylation sites (tertiary alicyclic amines) is 1. The van der Waals surface area contributed by atoms with E-state index in [1.165, 1.54) is 23.1 Å². The van der Waals surface area contributed by atoms with Crippen LogP contribution in [0.5, 0.6) is 0 Å². The minimum Gasteiger partial charge on any atom is -0.336 e. The van der Waals surface area contributed by atoms with Gasteiger partial charge in [0.15, 0.2) is 9.84 Å². The molecule has 182 valence electrons. The van der Waals surface area contributed by atoms with Crippen molar-refractivity contribution in [2.45, 2.75) is 59.2 Å². The second-order valence-corrected chi connectivity index (χ2v) is 12.6. The highest BCUT2D eigenvalue weighted by atomic mass is 35.5. The van der Waals surface area contributed by atoms with Gasteiger partial charge >= 0.3 is 0 Å². The number of benzene rings is 2. The van der Waals surface area contributed by atoms with Gasteiger partial charge in [0.05, 0.1) is 26.7 Å². The van der Waals surface area contributed by atoms with E-state index in [-0.39, 0.29) is 28.8 Å². The summed E-state index contributed by atoms with van der Waals surface area (Å²) in [5, 5.41) is 11.5. The Morgan fingerprint density at radius 3 is 2.31 bits per heavy atom. The number of halogens is 2. The van der Waals surface area contributed by atoms with Crippen molar-refractivity contribution in [1.82, 2.24) is 10.2 Å². The highest BCUT2D eigenvalue weighted by Gasteiger charge is 2.58. The van der Waals surface area contributed by atoms with Gasteiger partial charge in [0.2, 0.25) is 11.8 Å². The number of hydrogen-bond donors (Lipinski definition) is 1. The third-order valence-corrected chi connectivity index (χ3v) is 10.1. The van der Waals surface area contributed by atoms with Gasteiger partial charge < -0.3 is 10.2 Å². The maximum Gasteiger partial charge on any atom is 0.244 e. The number of nitriles is 1. The van der Waals surface area contributed by atoms with Crippen LogP contribution in [-0.2, 0) is 24.8 Å². The largest absolute Gasteiger partial charge is 0.336 e. The molecule has 1 saturated heterocycles. The van der Waals surface area contributed by atoms with Crippen LogP contribution in [0.25, 0.3) is 0 Å². The Morgan fingerprint density at radius 2 is 1.74 bits per heavy atom. The summed E-state index contributed by atoms with van der Waals surface area (Å²) >= 11 is 12.1. The Labute approximate surface area is 213 Å². The van der Waals surface area contributed by atoms with Gasteiger partial charge in [-0.15, -0.1) is 0 Å². The second kappa shape index (κ2) is 8.51. The van der Waals surface area contributed by atoms with E-state index in [9.17, 15) is 23.3 Å². The topological polar surface area (TPSA) is 107 Å². The van der Waals surface area contributed by atoms with Gasteiger partial charge in [-0.25, -0.2) is 8.42 Å². The first-order valence-electron chi connectivity index (χ1n) is 11.4. The molecule has 3 fully saturated rings. The number of carbonyl (C=O) groups is 2. The molecule has 0 radical (unpaired) electrons. The van der Waals surface area contributed by atoms with Crippen molar-refractivity contribution in [3.05, 3.63) is 64.1 Å². The summed E-state index contributed by atoms with van der Waals surface area (Å²) in [7, 11) is -3.97. The summed E-state index contributed by atoms with van der Waals surface area (Å²) in [6, 6.07) is 14.6. The van der Waals surface area contributed by atoms with Crippen molar-refractivity contribution in [3.63, 3.8) is 0 Å². The summed E-state index contributed by atoms with van der Waals surface area (Å²) in [6.07, 6.45) is 2.25. The predicted molar refractivity (Wildman–Crippen MR) is 131 cm³/mol. The zero-order valence-electron chi connectivity index (χ0n) is 18.7. The van der Waals surface area contributed by atoms with E-state index in [0.29, 0.717) is 30.7 Å². The van der Waals surface area contributed by atoms with Crippen LogP contribution in [0.2, 0.25) is 10.0 Å². The van der Waals surface area contributed by atoms with Gasteiger partial charge in [0.25, 0.3) is 0 Å². The number of nitrogens with zero attached hydrogens (tertiary/aromatic N) is 2. The van der Waals surface area contributed by atoms with Crippen molar-refractivity contribution in [3.8, 4) is 6.07 Å². The summed E-state index contributed by atoms with van der Waals surface area (Å²) in [5.41, 5.74) is -0.839. The fourth-order valence-electron chi connectivity index (χ4n) is 4.87. The lowest BCUT2D eigenvalue weighted by atomic mass is 9.94. The fraction of sp³-hybridized carbons (Fsp3) is 0.400. The highest BCUT2D eigenvalue weighted by molar-refractivity contribution is 7.92. The van der Waals surface area contributed by atoms with Crippen LogP contribution in [0.1, 0.15) is 37.7 Å². The molecule has 10 heteroatoms. The third kappa shape index (κ3) is 4.20. The molecule has 2 saturated carbocycles. The lowest BCUT2D eigenvalue weighted by Crippen LogP contribution is -2.51. The van der Waals surface area contributed by atoms with E-state index in [2.05, 4.69) is 11.4 Å². The molecule has 5 rings (SSSR count). The number of hydrogen-bond acceptors (Lipinski definition) is 5. The molecule has 1 N–H and O–H groups in total. The number of sulfone groups is 1. The quantitative estimate of drug-likeness (QED) is 0.612. The smallest absolute Gasteiger partial charge is 0.244 e. The molecule has 2 amide bonds. The first-order valence-corrected chi connectivity index (χ1v) is 13.7. The van der Waals surface area contributed by atoms with Gasteiger partial charge in [0, 0.05) is 11.6 Å². The summed E-state index contributed by atoms with van der Waals surface area (Å²) < 4.78 is 27.1. The Morgan fingerprint density at radius 1 is 1.06 bits per heavy atom. The molecule has 0 spiro atoms. The van der Waals surface area contributed by atoms with Crippen LogP contribution in [0.15, 0.2) is 53.4 Å². The van der Waals surface area contributed by atoms with Crippen LogP contribution in [0, 0.1) is 11.3 Å². The molecule has 2 unspecified atom stereocenters. The van der Waals surface area contributed by atoms with Crippen LogP contribution < -0.4 is 5.32 Å². The van der Waals surface area contributed by atoms with Crippen LogP contribution in [0.3, 0.4) is 0 Å². The molecule has 2 aromatic rings. The molecule has 0 aromatic heterocycles. The Hall–Kier alpha value is -2.60. The number of carbonyl (C=O) groups excluding carboxylic acids is 2. The fourth-order valence-corrected chi connectivity index (χ4v) is 7.34. The Bertz CT molecular complexity index is 1350. The third-order valence-electron chi connectivity index (χ3n) is 7.28. The molecule has 1 aliphatic heterocycles. The lowest BCUT2D eigenvalue weighted by Gasteiger charge is -2.29.